The molecule has 0 aliphatic heterocycles. The standard InChI is InChI=1S/C9H5BrCl2F2O2/c10-3-6(15)4-1-2-5(11)8(7(4)12)16-9(13)14/h1-2,9H,3H2. The van der Waals surface area contributed by atoms with Gasteiger partial charge in [-0.1, -0.05) is 39.1 Å². The molecule has 0 aliphatic rings. The summed E-state index contributed by atoms with van der Waals surface area (Å²) in [5, 5.41) is -0.253. The van der Waals surface area contributed by atoms with Gasteiger partial charge in [0, 0.05) is 5.56 Å². The summed E-state index contributed by atoms with van der Waals surface area (Å²) in [5.74, 6) is -0.731. The van der Waals surface area contributed by atoms with E-state index in [1.54, 1.807) is 0 Å². The molecule has 0 aliphatic carbocycles. The van der Waals surface area contributed by atoms with Crippen molar-refractivity contribution in [3.05, 3.63) is 27.7 Å². The van der Waals surface area contributed by atoms with E-state index >= 15 is 0 Å². The first-order chi connectivity index (χ1) is 7.47. The lowest BCUT2D eigenvalue weighted by Crippen LogP contribution is -2.06. The fourth-order valence-electron chi connectivity index (χ4n) is 1.02. The van der Waals surface area contributed by atoms with Crippen molar-refractivity contribution in [2.75, 3.05) is 5.33 Å². The Kier molecular flexibility index (Phi) is 4.95. The van der Waals surface area contributed by atoms with Crippen LogP contribution in [0.1, 0.15) is 10.4 Å². The van der Waals surface area contributed by atoms with Gasteiger partial charge >= 0.3 is 6.61 Å². The molecule has 0 amide bonds. The summed E-state index contributed by atoms with van der Waals surface area (Å²) in [5.41, 5.74) is 0.0820. The van der Waals surface area contributed by atoms with Crippen molar-refractivity contribution >= 4 is 44.9 Å². The Morgan fingerprint density at radius 3 is 2.56 bits per heavy atom. The molecule has 0 fully saturated rings. The van der Waals surface area contributed by atoms with Crippen LogP contribution >= 0.6 is 39.1 Å². The number of alkyl halides is 3. The van der Waals surface area contributed by atoms with Crippen LogP contribution in [0, 0.1) is 0 Å². The molecular formula is C9H5BrCl2F2O2. The minimum atomic E-state index is -3.05. The molecule has 2 nitrogen and oxygen atoms in total. The lowest BCUT2D eigenvalue weighted by molar-refractivity contribution is -0.0497. The van der Waals surface area contributed by atoms with Crippen molar-refractivity contribution in [2.24, 2.45) is 0 Å². The van der Waals surface area contributed by atoms with Gasteiger partial charge in [-0.2, -0.15) is 8.78 Å². The highest BCUT2D eigenvalue weighted by atomic mass is 79.9. The summed E-state index contributed by atoms with van der Waals surface area (Å²) in [6.45, 7) is -3.05. The molecule has 0 saturated heterocycles. The lowest BCUT2D eigenvalue weighted by atomic mass is 10.1. The van der Waals surface area contributed by atoms with Crippen LogP contribution in [0.4, 0.5) is 8.78 Å². The summed E-state index contributed by atoms with van der Waals surface area (Å²) in [7, 11) is 0. The molecule has 0 heterocycles. The van der Waals surface area contributed by atoms with Crippen molar-refractivity contribution < 1.29 is 18.3 Å². The molecule has 0 aromatic heterocycles. The largest absolute Gasteiger partial charge is 0.432 e. The maximum absolute atomic E-state index is 12.1. The van der Waals surface area contributed by atoms with E-state index in [1.807, 2.05) is 0 Å². The lowest BCUT2D eigenvalue weighted by Gasteiger charge is -2.11. The van der Waals surface area contributed by atoms with Gasteiger partial charge in [-0.15, -0.1) is 0 Å². The zero-order valence-corrected chi connectivity index (χ0v) is 10.7. The molecule has 1 aromatic carbocycles. The summed E-state index contributed by atoms with van der Waals surface area (Å²) < 4.78 is 28.3. The monoisotopic (exact) mass is 332 g/mol. The number of carbonyl (C=O) groups is 1. The molecule has 0 saturated carbocycles. The normalized spacial score (nSPS) is 10.6. The number of Topliss-reactive ketones (excluding diaryl/α,β-unsaturated/α-hetero) is 1. The van der Waals surface area contributed by atoms with Crippen LogP contribution in [0.15, 0.2) is 12.1 Å². The summed E-state index contributed by atoms with van der Waals surface area (Å²) >= 11 is 14.3. The van der Waals surface area contributed by atoms with E-state index in [0.717, 1.165) is 0 Å². The molecule has 1 rings (SSSR count). The highest BCUT2D eigenvalue weighted by Gasteiger charge is 2.19. The van der Waals surface area contributed by atoms with Crippen molar-refractivity contribution in [1.82, 2.24) is 0 Å². The minimum absolute atomic E-state index is 0.0302. The molecule has 0 unspecified atom stereocenters. The number of benzene rings is 1. The number of carbonyl (C=O) groups excluding carboxylic acids is 1. The van der Waals surface area contributed by atoms with Crippen molar-refractivity contribution in [3.8, 4) is 5.75 Å². The number of ether oxygens (including phenoxy) is 1. The molecule has 0 radical (unpaired) electrons. The van der Waals surface area contributed by atoms with Crippen LogP contribution in [-0.2, 0) is 0 Å². The van der Waals surface area contributed by atoms with Gasteiger partial charge in [0.15, 0.2) is 11.5 Å². The molecule has 88 valence electrons. The topological polar surface area (TPSA) is 26.3 Å². The minimum Gasteiger partial charge on any atom is -0.432 e. The molecule has 7 heteroatoms. The summed E-state index contributed by atoms with van der Waals surface area (Å²) in [6, 6.07) is 2.63. The first-order valence-corrected chi connectivity index (χ1v) is 5.87. The number of rotatable bonds is 4. The Hall–Kier alpha value is -0.390. The van der Waals surface area contributed by atoms with Gasteiger partial charge in [-0.3, -0.25) is 4.79 Å². The van der Waals surface area contributed by atoms with Gasteiger partial charge in [0.1, 0.15) is 0 Å². The molecule has 0 spiro atoms. The average Bonchev–Trinajstić information content (AvgIpc) is 2.23. The third-order valence-electron chi connectivity index (χ3n) is 1.68. The smallest absolute Gasteiger partial charge is 0.387 e. The highest BCUT2D eigenvalue weighted by Crippen LogP contribution is 2.36. The zero-order valence-electron chi connectivity index (χ0n) is 7.65. The van der Waals surface area contributed by atoms with Gasteiger partial charge in [0.05, 0.1) is 15.4 Å². The second-order valence-corrected chi connectivity index (χ2v) is 4.02. The van der Waals surface area contributed by atoms with Crippen LogP contribution < -0.4 is 4.74 Å². The third-order valence-corrected chi connectivity index (χ3v) is 2.86. The van der Waals surface area contributed by atoms with E-state index in [1.165, 1.54) is 12.1 Å². The Balaban J connectivity index is 3.21. The van der Waals surface area contributed by atoms with Gasteiger partial charge in [0.2, 0.25) is 0 Å². The van der Waals surface area contributed by atoms with E-state index < -0.39 is 6.61 Å². The number of hydrogen-bond acceptors (Lipinski definition) is 2. The summed E-state index contributed by atoms with van der Waals surface area (Å²) in [6.07, 6.45) is 0. The predicted octanol–water partition coefficient (Wildman–Crippen LogP) is 4.17. The maximum Gasteiger partial charge on any atom is 0.387 e. The number of halogens is 5. The van der Waals surface area contributed by atoms with Crippen LogP contribution in [0.2, 0.25) is 10.0 Å². The van der Waals surface area contributed by atoms with Crippen LogP contribution in [0.25, 0.3) is 0 Å². The second-order valence-electron chi connectivity index (χ2n) is 2.67. The SMILES string of the molecule is O=C(CBr)c1ccc(Cl)c(OC(F)F)c1Cl. The van der Waals surface area contributed by atoms with E-state index in [2.05, 4.69) is 20.7 Å². The molecule has 0 atom stereocenters. The Labute approximate surface area is 109 Å². The van der Waals surface area contributed by atoms with E-state index in [9.17, 15) is 13.6 Å². The van der Waals surface area contributed by atoms with Gasteiger partial charge in [-0.25, -0.2) is 0 Å². The van der Waals surface area contributed by atoms with Crippen LogP contribution in [0.5, 0.6) is 5.75 Å². The van der Waals surface area contributed by atoms with Crippen molar-refractivity contribution in [3.63, 3.8) is 0 Å². The fraction of sp³-hybridized carbons (Fsp3) is 0.222. The first-order valence-electron chi connectivity index (χ1n) is 3.99. The fourth-order valence-corrected chi connectivity index (χ4v) is 1.88. The Morgan fingerprint density at radius 1 is 1.44 bits per heavy atom. The highest BCUT2D eigenvalue weighted by molar-refractivity contribution is 9.09. The molecule has 0 N–H and O–H groups in total. The molecule has 16 heavy (non-hydrogen) atoms. The number of hydrogen-bond donors (Lipinski definition) is 0. The van der Waals surface area contributed by atoms with Crippen LogP contribution in [-0.4, -0.2) is 17.7 Å². The summed E-state index contributed by atoms with van der Waals surface area (Å²) in [4.78, 5) is 11.4. The van der Waals surface area contributed by atoms with Gasteiger partial charge in [0.25, 0.3) is 0 Å². The predicted molar refractivity (Wildman–Crippen MR) is 61.2 cm³/mol. The van der Waals surface area contributed by atoms with Gasteiger partial charge < -0.3 is 4.74 Å². The van der Waals surface area contributed by atoms with Crippen molar-refractivity contribution in [1.29, 1.82) is 0 Å². The van der Waals surface area contributed by atoms with Crippen molar-refractivity contribution in [2.45, 2.75) is 6.61 Å². The maximum atomic E-state index is 12.1. The Bertz CT molecular complexity index is 413. The molecule has 0 bridgehead atoms. The van der Waals surface area contributed by atoms with E-state index in [4.69, 9.17) is 23.2 Å². The Morgan fingerprint density at radius 2 is 2.06 bits per heavy atom. The first kappa shape index (κ1) is 13.7. The molecular weight excluding hydrogens is 329 g/mol. The van der Waals surface area contributed by atoms with E-state index in [-0.39, 0.29) is 32.5 Å². The third kappa shape index (κ3) is 3.06. The van der Waals surface area contributed by atoms with E-state index in [0.29, 0.717) is 0 Å². The number of ketones is 1. The quantitative estimate of drug-likeness (QED) is 0.610. The second kappa shape index (κ2) is 5.80. The molecule has 1 aromatic rings. The average molecular weight is 334 g/mol. The van der Waals surface area contributed by atoms with Crippen LogP contribution in [0.3, 0.4) is 0 Å². The van der Waals surface area contributed by atoms with Gasteiger partial charge in [-0.05, 0) is 12.1 Å². The zero-order chi connectivity index (χ0) is 12.3.